The quantitative estimate of drug-likeness (QED) is 0.790. The first-order valence-corrected chi connectivity index (χ1v) is 6.85. The Bertz CT molecular complexity index is 445. The minimum atomic E-state index is -1.08. The number of nitrogens with zero attached hydrogens (tertiary/aromatic N) is 2. The van der Waals surface area contributed by atoms with Gasteiger partial charge in [0.15, 0.2) is 0 Å². The van der Waals surface area contributed by atoms with E-state index in [0.29, 0.717) is 5.71 Å². The van der Waals surface area contributed by atoms with Crippen molar-refractivity contribution in [1.29, 1.82) is 0 Å². The molecule has 1 aliphatic rings. The Balaban J connectivity index is 2.83. The van der Waals surface area contributed by atoms with Crippen LogP contribution in [0.4, 0.5) is 4.79 Å². The average molecular weight is 300 g/mol. The van der Waals surface area contributed by atoms with E-state index in [1.54, 1.807) is 20.8 Å². The Kier molecular flexibility index (Phi) is 4.86. The smallest absolute Gasteiger partial charge is 0.411 e. The van der Waals surface area contributed by atoms with E-state index in [0.717, 1.165) is 0 Å². The average Bonchev–Trinajstić information content (AvgIpc) is 2.67. The van der Waals surface area contributed by atoms with Crippen molar-refractivity contribution < 1.29 is 24.3 Å². The maximum atomic E-state index is 12.1. The molecule has 1 amide bonds. The molecule has 0 aromatic rings. The lowest BCUT2D eigenvalue weighted by atomic mass is 10.2. The third kappa shape index (κ3) is 5.61. The molecule has 0 unspecified atom stereocenters. The second-order valence-corrected chi connectivity index (χ2v) is 7.03. The molecule has 0 aromatic heterocycles. The summed E-state index contributed by atoms with van der Waals surface area (Å²) in [6.07, 6.45) is -0.513. The summed E-state index contributed by atoms with van der Waals surface area (Å²) >= 11 is 0. The first-order chi connectivity index (χ1) is 9.39. The summed E-state index contributed by atoms with van der Waals surface area (Å²) in [5.41, 5.74) is -0.629. The molecule has 0 radical (unpaired) electrons. The van der Waals surface area contributed by atoms with Gasteiger partial charge >= 0.3 is 12.1 Å². The number of ether oxygens (including phenoxy) is 1. The number of oxime groups is 1. The highest BCUT2D eigenvalue weighted by atomic mass is 16.6. The van der Waals surface area contributed by atoms with Gasteiger partial charge in [-0.2, -0.15) is 0 Å². The molecule has 0 spiro atoms. The van der Waals surface area contributed by atoms with Gasteiger partial charge in [0.05, 0.1) is 12.3 Å². The minimum absolute atomic E-state index is 0.0992. The minimum Gasteiger partial charge on any atom is -0.480 e. The molecule has 1 N–H and O–H groups in total. The van der Waals surface area contributed by atoms with Crippen molar-refractivity contribution >= 4 is 17.8 Å². The highest BCUT2D eigenvalue weighted by Crippen LogP contribution is 2.21. The summed E-state index contributed by atoms with van der Waals surface area (Å²) in [5, 5.41) is 13.2. The lowest BCUT2D eigenvalue weighted by molar-refractivity contribution is -0.142. The van der Waals surface area contributed by atoms with Gasteiger partial charge in [-0.25, -0.2) is 9.59 Å². The van der Waals surface area contributed by atoms with Crippen molar-refractivity contribution in [2.45, 2.75) is 65.2 Å². The lowest BCUT2D eigenvalue weighted by Crippen LogP contribution is -2.43. The van der Waals surface area contributed by atoms with Crippen LogP contribution in [0.25, 0.3) is 0 Å². The van der Waals surface area contributed by atoms with E-state index in [1.165, 1.54) is 4.90 Å². The number of hydrogen-bond acceptors (Lipinski definition) is 5. The molecule has 7 nitrogen and oxygen atoms in total. The number of likely N-dealkylation sites (tertiary alicyclic amines) is 1. The predicted molar refractivity (Wildman–Crippen MR) is 77.3 cm³/mol. The maximum Gasteiger partial charge on any atom is 0.411 e. The summed E-state index contributed by atoms with van der Waals surface area (Å²) in [4.78, 5) is 29.8. The molecule has 21 heavy (non-hydrogen) atoms. The molecule has 1 atom stereocenters. The SMILES string of the molecule is CC(C)(C)O/N=C1\C[C@@H](C(=O)O)N(C(=O)OC(C)(C)C)C1. The number of amides is 1. The highest BCUT2D eigenvalue weighted by molar-refractivity contribution is 5.98. The van der Waals surface area contributed by atoms with Crippen molar-refractivity contribution in [2.75, 3.05) is 6.54 Å². The molecule has 1 rings (SSSR count). The van der Waals surface area contributed by atoms with Gasteiger partial charge in [-0.3, -0.25) is 4.90 Å². The molecule has 0 aromatic carbocycles. The predicted octanol–water partition coefficient (Wildman–Crippen LogP) is 2.25. The Morgan fingerprint density at radius 1 is 1.19 bits per heavy atom. The van der Waals surface area contributed by atoms with Crippen LogP contribution >= 0.6 is 0 Å². The lowest BCUT2D eigenvalue weighted by Gasteiger charge is -2.26. The Labute approximate surface area is 124 Å². The zero-order valence-corrected chi connectivity index (χ0v) is 13.5. The van der Waals surface area contributed by atoms with E-state index in [2.05, 4.69) is 5.16 Å². The summed E-state index contributed by atoms with van der Waals surface area (Å²) in [5.74, 6) is -1.08. The van der Waals surface area contributed by atoms with Crippen LogP contribution in [-0.4, -0.2) is 51.6 Å². The molecule has 1 saturated heterocycles. The summed E-state index contributed by atoms with van der Waals surface area (Å²) in [6, 6.07) is -0.970. The number of carboxylic acid groups (broad SMARTS) is 1. The van der Waals surface area contributed by atoms with Crippen LogP contribution in [0.5, 0.6) is 0 Å². The standard InChI is InChI=1S/C14H24N2O5/c1-13(2,3)20-12(19)16-8-9(7-10(16)11(17)18)15-21-14(4,5)6/h10H,7-8H2,1-6H3,(H,17,18)/b15-9+/t10-/m0/s1. The summed E-state index contributed by atoms with van der Waals surface area (Å²) in [6.45, 7) is 10.8. The summed E-state index contributed by atoms with van der Waals surface area (Å²) < 4.78 is 5.22. The second kappa shape index (κ2) is 5.91. The van der Waals surface area contributed by atoms with Crippen LogP contribution in [-0.2, 0) is 14.4 Å². The number of rotatable bonds is 2. The van der Waals surface area contributed by atoms with Gasteiger partial charge in [0, 0.05) is 6.42 Å². The number of hydrogen-bond donors (Lipinski definition) is 1. The molecule has 0 saturated carbocycles. The molecule has 1 heterocycles. The van der Waals surface area contributed by atoms with E-state index < -0.39 is 29.3 Å². The molecular weight excluding hydrogens is 276 g/mol. The fourth-order valence-electron chi connectivity index (χ4n) is 1.71. The first-order valence-electron chi connectivity index (χ1n) is 6.85. The number of carbonyl (C=O) groups excluding carboxylic acids is 1. The van der Waals surface area contributed by atoms with E-state index in [9.17, 15) is 14.7 Å². The maximum absolute atomic E-state index is 12.1. The summed E-state index contributed by atoms with van der Waals surface area (Å²) in [7, 11) is 0. The van der Waals surface area contributed by atoms with Crippen molar-refractivity contribution in [3.8, 4) is 0 Å². The Morgan fingerprint density at radius 3 is 2.19 bits per heavy atom. The van der Waals surface area contributed by atoms with Crippen LogP contribution in [0.15, 0.2) is 5.16 Å². The van der Waals surface area contributed by atoms with E-state index in [1.807, 2.05) is 20.8 Å². The van der Waals surface area contributed by atoms with Gasteiger partial charge < -0.3 is 14.7 Å². The van der Waals surface area contributed by atoms with Crippen LogP contribution in [0.1, 0.15) is 48.0 Å². The molecule has 1 fully saturated rings. The molecule has 7 heteroatoms. The first kappa shape index (κ1) is 17.3. The molecule has 0 aliphatic carbocycles. The topological polar surface area (TPSA) is 88.4 Å². The largest absolute Gasteiger partial charge is 0.480 e. The fraction of sp³-hybridized carbons (Fsp3) is 0.786. The van der Waals surface area contributed by atoms with Crippen molar-refractivity contribution in [1.82, 2.24) is 4.90 Å². The van der Waals surface area contributed by atoms with Gasteiger partial charge in [0.1, 0.15) is 17.2 Å². The fourth-order valence-corrected chi connectivity index (χ4v) is 1.71. The van der Waals surface area contributed by atoms with Crippen molar-refractivity contribution in [3.63, 3.8) is 0 Å². The van der Waals surface area contributed by atoms with Crippen LogP contribution in [0, 0.1) is 0 Å². The molecule has 1 aliphatic heterocycles. The third-order valence-electron chi connectivity index (χ3n) is 2.52. The number of carbonyl (C=O) groups is 2. The Morgan fingerprint density at radius 2 is 1.76 bits per heavy atom. The third-order valence-corrected chi connectivity index (χ3v) is 2.52. The van der Waals surface area contributed by atoms with Crippen molar-refractivity contribution in [3.05, 3.63) is 0 Å². The molecule has 0 bridgehead atoms. The van der Waals surface area contributed by atoms with Crippen molar-refractivity contribution in [2.24, 2.45) is 5.16 Å². The normalized spacial score (nSPS) is 21.5. The van der Waals surface area contributed by atoms with E-state index in [4.69, 9.17) is 9.57 Å². The molecule has 120 valence electrons. The van der Waals surface area contributed by atoms with Crippen LogP contribution in [0.2, 0.25) is 0 Å². The van der Waals surface area contributed by atoms with Crippen LogP contribution < -0.4 is 0 Å². The zero-order chi connectivity index (χ0) is 16.4. The Hall–Kier alpha value is -1.79. The van der Waals surface area contributed by atoms with Gasteiger partial charge in [-0.1, -0.05) is 5.16 Å². The second-order valence-electron chi connectivity index (χ2n) is 7.03. The highest BCUT2D eigenvalue weighted by Gasteiger charge is 2.40. The van der Waals surface area contributed by atoms with E-state index >= 15 is 0 Å². The van der Waals surface area contributed by atoms with E-state index in [-0.39, 0.29) is 13.0 Å². The monoisotopic (exact) mass is 300 g/mol. The number of carboxylic acids is 1. The van der Waals surface area contributed by atoms with Gasteiger partial charge in [-0.15, -0.1) is 0 Å². The molecular formula is C14H24N2O5. The number of aliphatic carboxylic acids is 1. The van der Waals surface area contributed by atoms with Gasteiger partial charge in [0.2, 0.25) is 0 Å². The zero-order valence-electron chi connectivity index (χ0n) is 13.5. The van der Waals surface area contributed by atoms with Gasteiger partial charge in [0.25, 0.3) is 0 Å². The van der Waals surface area contributed by atoms with Gasteiger partial charge in [-0.05, 0) is 41.5 Å². The van der Waals surface area contributed by atoms with Crippen LogP contribution in [0.3, 0.4) is 0 Å².